The Morgan fingerprint density at radius 2 is 1.96 bits per heavy atom. The Bertz CT molecular complexity index is 718. The van der Waals surface area contributed by atoms with E-state index in [4.69, 9.17) is 0 Å². The maximum atomic E-state index is 13.1. The maximum Gasteiger partial charge on any atom is 0.243 e. The van der Waals surface area contributed by atoms with Crippen molar-refractivity contribution in [2.45, 2.75) is 38.5 Å². The Morgan fingerprint density at radius 3 is 2.54 bits per heavy atom. The number of rotatable bonds is 5. The van der Waals surface area contributed by atoms with Gasteiger partial charge in [0, 0.05) is 19.6 Å². The highest BCUT2D eigenvalue weighted by Gasteiger charge is 2.34. The normalized spacial score (nSPS) is 19.0. The van der Waals surface area contributed by atoms with Gasteiger partial charge in [-0.3, -0.25) is 4.79 Å². The number of benzene rings is 1. The molecule has 1 aliphatic rings. The molecule has 0 aromatic heterocycles. The number of aryl methyl sites for hydroxylation is 3. The van der Waals surface area contributed by atoms with Crippen LogP contribution >= 0.6 is 0 Å². The van der Waals surface area contributed by atoms with Crippen LogP contribution in [0.4, 0.5) is 0 Å². The van der Waals surface area contributed by atoms with E-state index >= 15 is 0 Å². The number of hydrogen-bond donors (Lipinski definition) is 1. The fraction of sp³-hybridized carbons (Fsp3) is 0.500. The molecule has 6 heteroatoms. The van der Waals surface area contributed by atoms with Crippen molar-refractivity contribution in [1.82, 2.24) is 9.62 Å². The lowest BCUT2D eigenvalue weighted by Gasteiger charge is -2.32. The van der Waals surface area contributed by atoms with E-state index in [1.165, 1.54) is 4.31 Å². The number of amides is 1. The number of nitrogens with one attached hydrogen (secondary N) is 1. The van der Waals surface area contributed by atoms with Gasteiger partial charge < -0.3 is 5.32 Å². The molecule has 1 aromatic rings. The molecular weight excluding hydrogens is 324 g/mol. The number of nitrogens with zero attached hydrogens (tertiary/aromatic N) is 1. The van der Waals surface area contributed by atoms with Crippen molar-refractivity contribution in [2.24, 2.45) is 5.92 Å². The van der Waals surface area contributed by atoms with Gasteiger partial charge in [0.25, 0.3) is 0 Å². The van der Waals surface area contributed by atoms with E-state index in [-0.39, 0.29) is 18.4 Å². The highest BCUT2D eigenvalue weighted by atomic mass is 32.2. The Hall–Kier alpha value is -1.66. The van der Waals surface area contributed by atoms with Crippen LogP contribution < -0.4 is 5.32 Å². The Balaban J connectivity index is 2.26. The van der Waals surface area contributed by atoms with Gasteiger partial charge in [0.1, 0.15) is 0 Å². The number of hydrogen-bond acceptors (Lipinski definition) is 3. The predicted molar refractivity (Wildman–Crippen MR) is 95.3 cm³/mol. The first-order chi connectivity index (χ1) is 11.3. The van der Waals surface area contributed by atoms with Gasteiger partial charge in [-0.1, -0.05) is 23.8 Å². The molecule has 5 nitrogen and oxygen atoms in total. The Morgan fingerprint density at radius 1 is 1.33 bits per heavy atom. The van der Waals surface area contributed by atoms with Gasteiger partial charge in [0.2, 0.25) is 15.9 Å². The second-order valence-corrected chi connectivity index (χ2v) is 8.34. The van der Waals surface area contributed by atoms with E-state index in [1.54, 1.807) is 6.08 Å². The molecule has 24 heavy (non-hydrogen) atoms. The lowest BCUT2D eigenvalue weighted by Crippen LogP contribution is -2.45. The summed E-state index contributed by atoms with van der Waals surface area (Å²) >= 11 is 0. The number of piperidine rings is 1. The van der Waals surface area contributed by atoms with Crippen molar-refractivity contribution in [3.05, 3.63) is 41.5 Å². The Labute approximate surface area is 144 Å². The lowest BCUT2D eigenvalue weighted by molar-refractivity contribution is -0.125. The SMILES string of the molecule is C=CCNC(=O)[C@@H]1CCCN(S(=O)(=O)c2c(C)cc(C)cc2C)C1. The lowest BCUT2D eigenvalue weighted by atomic mass is 9.99. The predicted octanol–water partition coefficient (Wildman–Crippen LogP) is 2.31. The van der Waals surface area contributed by atoms with E-state index in [1.807, 2.05) is 32.9 Å². The van der Waals surface area contributed by atoms with Crippen LogP contribution in [0.3, 0.4) is 0 Å². The van der Waals surface area contributed by atoms with E-state index in [9.17, 15) is 13.2 Å². The van der Waals surface area contributed by atoms with Crippen LogP contribution in [-0.4, -0.2) is 38.3 Å². The highest BCUT2D eigenvalue weighted by Crippen LogP contribution is 2.28. The van der Waals surface area contributed by atoms with Crippen molar-refractivity contribution >= 4 is 15.9 Å². The Kier molecular flexibility index (Phi) is 5.83. The first-order valence-corrected chi connectivity index (χ1v) is 9.68. The summed E-state index contributed by atoms with van der Waals surface area (Å²) in [7, 11) is -3.59. The second-order valence-electron chi connectivity index (χ2n) is 6.46. The van der Waals surface area contributed by atoms with E-state index in [2.05, 4.69) is 11.9 Å². The summed E-state index contributed by atoms with van der Waals surface area (Å²) in [5, 5.41) is 2.77. The standard InChI is InChI=1S/C18H26N2O3S/c1-5-8-19-18(21)16-7-6-9-20(12-16)24(22,23)17-14(3)10-13(2)11-15(17)4/h5,10-11,16H,1,6-9,12H2,2-4H3,(H,19,21)/t16-/m1/s1. The second kappa shape index (κ2) is 7.49. The molecule has 1 aromatic carbocycles. The summed E-state index contributed by atoms with van der Waals surface area (Å²) < 4.78 is 27.7. The van der Waals surface area contributed by atoms with Gasteiger partial charge in [-0.05, 0) is 44.7 Å². The zero-order valence-corrected chi connectivity index (χ0v) is 15.4. The van der Waals surface area contributed by atoms with Crippen LogP contribution in [0, 0.1) is 26.7 Å². The molecule has 0 bridgehead atoms. The molecule has 1 N–H and O–H groups in total. The topological polar surface area (TPSA) is 66.5 Å². The van der Waals surface area contributed by atoms with E-state index in [0.29, 0.717) is 30.8 Å². The number of sulfonamides is 1. The van der Waals surface area contributed by atoms with E-state index in [0.717, 1.165) is 16.7 Å². The molecule has 2 rings (SSSR count). The highest BCUT2D eigenvalue weighted by molar-refractivity contribution is 7.89. The van der Waals surface area contributed by atoms with Crippen LogP contribution in [-0.2, 0) is 14.8 Å². The molecular formula is C18H26N2O3S. The third kappa shape index (κ3) is 3.87. The van der Waals surface area contributed by atoms with Gasteiger partial charge in [-0.25, -0.2) is 8.42 Å². The molecule has 1 aliphatic heterocycles. The zero-order chi connectivity index (χ0) is 17.9. The maximum absolute atomic E-state index is 13.1. The zero-order valence-electron chi connectivity index (χ0n) is 14.6. The summed E-state index contributed by atoms with van der Waals surface area (Å²) in [6.07, 6.45) is 3.02. The molecule has 0 unspecified atom stereocenters. The third-order valence-corrected chi connectivity index (χ3v) is 6.55. The van der Waals surface area contributed by atoms with Crippen molar-refractivity contribution in [2.75, 3.05) is 19.6 Å². The summed E-state index contributed by atoms with van der Waals surface area (Å²) in [6.45, 7) is 10.3. The minimum absolute atomic E-state index is 0.104. The van der Waals surface area contributed by atoms with Gasteiger partial charge in [-0.15, -0.1) is 6.58 Å². The van der Waals surface area contributed by atoms with Crippen molar-refractivity contribution in [3.63, 3.8) is 0 Å². The van der Waals surface area contributed by atoms with Gasteiger partial charge >= 0.3 is 0 Å². The van der Waals surface area contributed by atoms with Crippen molar-refractivity contribution in [3.8, 4) is 0 Å². The first-order valence-electron chi connectivity index (χ1n) is 8.24. The van der Waals surface area contributed by atoms with Crippen LogP contribution in [0.2, 0.25) is 0 Å². The molecule has 0 aliphatic carbocycles. The fourth-order valence-electron chi connectivity index (χ4n) is 3.39. The number of carbonyl (C=O) groups is 1. The minimum Gasteiger partial charge on any atom is -0.352 e. The third-order valence-electron chi connectivity index (χ3n) is 4.38. The van der Waals surface area contributed by atoms with Crippen LogP contribution in [0.25, 0.3) is 0 Å². The summed E-state index contributed by atoms with van der Waals surface area (Å²) in [5.41, 5.74) is 2.56. The summed E-state index contributed by atoms with van der Waals surface area (Å²) in [4.78, 5) is 12.5. The van der Waals surface area contributed by atoms with Gasteiger partial charge in [0.05, 0.1) is 10.8 Å². The van der Waals surface area contributed by atoms with Crippen LogP contribution in [0.1, 0.15) is 29.5 Å². The molecule has 1 atom stereocenters. The largest absolute Gasteiger partial charge is 0.352 e. The fourth-order valence-corrected chi connectivity index (χ4v) is 5.33. The number of carbonyl (C=O) groups excluding carboxylic acids is 1. The average molecular weight is 350 g/mol. The molecule has 132 valence electrons. The molecule has 0 radical (unpaired) electrons. The smallest absolute Gasteiger partial charge is 0.243 e. The molecule has 1 heterocycles. The van der Waals surface area contributed by atoms with Gasteiger partial charge in [0.15, 0.2) is 0 Å². The van der Waals surface area contributed by atoms with Crippen LogP contribution in [0.15, 0.2) is 29.7 Å². The molecule has 1 amide bonds. The van der Waals surface area contributed by atoms with E-state index < -0.39 is 10.0 Å². The minimum atomic E-state index is -3.59. The van der Waals surface area contributed by atoms with Gasteiger partial charge in [-0.2, -0.15) is 4.31 Å². The summed E-state index contributed by atoms with van der Waals surface area (Å²) in [6, 6.07) is 3.77. The van der Waals surface area contributed by atoms with Crippen LogP contribution in [0.5, 0.6) is 0 Å². The molecule has 0 spiro atoms. The summed E-state index contributed by atoms with van der Waals surface area (Å²) in [5.74, 6) is -0.410. The first kappa shape index (κ1) is 18.7. The monoisotopic (exact) mass is 350 g/mol. The molecule has 1 fully saturated rings. The van der Waals surface area contributed by atoms with Crippen molar-refractivity contribution < 1.29 is 13.2 Å². The van der Waals surface area contributed by atoms with Crippen molar-refractivity contribution in [1.29, 1.82) is 0 Å². The molecule has 1 saturated heterocycles. The average Bonchev–Trinajstić information content (AvgIpc) is 2.51. The molecule has 0 saturated carbocycles. The quantitative estimate of drug-likeness (QED) is 0.829.